The summed E-state index contributed by atoms with van der Waals surface area (Å²) in [5.74, 6) is -2.30. The Balaban J connectivity index is 2.64. The van der Waals surface area contributed by atoms with E-state index in [0.29, 0.717) is 0 Å². The fourth-order valence-electron chi connectivity index (χ4n) is 2.96. The van der Waals surface area contributed by atoms with E-state index in [9.17, 15) is 31.1 Å². The summed E-state index contributed by atoms with van der Waals surface area (Å²) in [6, 6.07) is 4.65. The van der Waals surface area contributed by atoms with Gasteiger partial charge >= 0.3 is 18.5 Å². The normalized spacial score (nSPS) is 12.7. The van der Waals surface area contributed by atoms with Gasteiger partial charge < -0.3 is 18.9 Å². The SMILES string of the molecule is BC(B)(B)Oc1cc(OC(F)(F)F)ccc1Oc1ccc(C(F)(F)F)c(C)c1C(=O)OC(C)(C)C. The lowest BCUT2D eigenvalue weighted by Crippen LogP contribution is -2.37. The van der Waals surface area contributed by atoms with Crippen molar-refractivity contribution in [1.29, 1.82) is 0 Å². The van der Waals surface area contributed by atoms with E-state index in [1.54, 1.807) is 44.3 Å². The molecule has 188 valence electrons. The molecule has 5 nitrogen and oxygen atoms in total. The topological polar surface area (TPSA) is 54.0 Å². The van der Waals surface area contributed by atoms with E-state index in [-0.39, 0.29) is 17.2 Å². The number of esters is 1. The smallest absolute Gasteiger partial charge is 0.510 e. The molecule has 0 aliphatic rings. The molecule has 35 heavy (non-hydrogen) atoms. The lowest BCUT2D eigenvalue weighted by atomic mass is 9.52. The van der Waals surface area contributed by atoms with Gasteiger partial charge in [-0.2, -0.15) is 13.2 Å². The fraction of sp³-hybridized carbons (Fsp3) is 0.381. The predicted molar refractivity (Wildman–Crippen MR) is 124 cm³/mol. The molecule has 2 aromatic carbocycles. The van der Waals surface area contributed by atoms with Crippen molar-refractivity contribution in [2.45, 2.75) is 51.1 Å². The first-order chi connectivity index (χ1) is 15.7. The molecule has 0 N–H and O–H groups in total. The highest BCUT2D eigenvalue weighted by Gasteiger charge is 2.36. The lowest BCUT2D eigenvalue weighted by Gasteiger charge is -2.25. The minimum Gasteiger partial charge on any atom is -0.510 e. The molecule has 0 saturated carbocycles. The zero-order chi connectivity index (χ0) is 27.0. The largest absolute Gasteiger partial charge is 0.573 e. The van der Waals surface area contributed by atoms with E-state index in [0.717, 1.165) is 37.3 Å². The Labute approximate surface area is 201 Å². The van der Waals surface area contributed by atoms with E-state index in [1.165, 1.54) is 0 Å². The van der Waals surface area contributed by atoms with Gasteiger partial charge in [0.2, 0.25) is 0 Å². The van der Waals surface area contributed by atoms with Gasteiger partial charge in [-0.05, 0) is 57.5 Å². The Morgan fingerprint density at radius 3 is 1.89 bits per heavy atom. The van der Waals surface area contributed by atoms with Gasteiger partial charge in [0.25, 0.3) is 0 Å². The van der Waals surface area contributed by atoms with Crippen LogP contribution in [0.1, 0.15) is 42.3 Å². The van der Waals surface area contributed by atoms with E-state index in [4.69, 9.17) is 14.2 Å². The number of rotatable bonds is 6. The molecule has 0 heterocycles. The van der Waals surface area contributed by atoms with E-state index in [1.807, 2.05) is 0 Å². The van der Waals surface area contributed by atoms with Crippen LogP contribution >= 0.6 is 0 Å². The van der Waals surface area contributed by atoms with Crippen molar-refractivity contribution < 1.29 is 50.1 Å². The summed E-state index contributed by atoms with van der Waals surface area (Å²) in [5, 5.41) is -0.890. The molecular formula is C21H23B3F6O5. The van der Waals surface area contributed by atoms with Crippen LogP contribution in [-0.2, 0) is 10.9 Å². The molecule has 14 heteroatoms. The molecule has 0 spiro atoms. The summed E-state index contributed by atoms with van der Waals surface area (Å²) >= 11 is 0. The highest BCUT2D eigenvalue weighted by Crippen LogP contribution is 2.42. The third-order valence-corrected chi connectivity index (χ3v) is 4.12. The molecule has 0 bridgehead atoms. The van der Waals surface area contributed by atoms with Gasteiger partial charge in [-0.3, -0.25) is 0 Å². The first kappa shape index (κ1) is 28.3. The second-order valence-corrected chi connectivity index (χ2v) is 9.58. The fourth-order valence-corrected chi connectivity index (χ4v) is 2.96. The van der Waals surface area contributed by atoms with E-state index in [2.05, 4.69) is 4.74 Å². The number of carbonyl (C=O) groups excluding carboxylic acids is 1. The molecule has 2 aromatic rings. The number of ether oxygens (including phenoxy) is 4. The number of halogens is 6. The molecule has 0 radical (unpaired) electrons. The summed E-state index contributed by atoms with van der Waals surface area (Å²) in [6.45, 7) is 5.73. The first-order valence-electron chi connectivity index (χ1n) is 10.4. The van der Waals surface area contributed by atoms with Crippen LogP contribution in [0.4, 0.5) is 26.3 Å². The Morgan fingerprint density at radius 2 is 1.40 bits per heavy atom. The average molecular weight is 502 g/mol. The molecular weight excluding hydrogens is 479 g/mol. The second-order valence-electron chi connectivity index (χ2n) is 9.58. The van der Waals surface area contributed by atoms with Gasteiger partial charge in [0, 0.05) is 11.4 Å². The third-order valence-electron chi connectivity index (χ3n) is 4.12. The number of alkyl halides is 6. The summed E-state index contributed by atoms with van der Waals surface area (Å²) in [5.41, 5.74) is -3.00. The van der Waals surface area contributed by atoms with Crippen LogP contribution in [0.2, 0.25) is 0 Å². The van der Waals surface area contributed by atoms with Crippen molar-refractivity contribution in [3.8, 4) is 23.0 Å². The van der Waals surface area contributed by atoms with Crippen molar-refractivity contribution >= 4 is 29.5 Å². The quantitative estimate of drug-likeness (QED) is 0.344. The molecule has 2 rings (SSSR count). The zero-order valence-electron chi connectivity index (χ0n) is 20.2. The molecule has 0 atom stereocenters. The van der Waals surface area contributed by atoms with Crippen molar-refractivity contribution in [2.75, 3.05) is 0 Å². The average Bonchev–Trinajstić information content (AvgIpc) is 2.58. The van der Waals surface area contributed by atoms with E-state index >= 15 is 0 Å². The molecule has 0 aromatic heterocycles. The van der Waals surface area contributed by atoms with Crippen molar-refractivity contribution in [3.05, 3.63) is 47.0 Å². The standard InChI is InChI=1S/C21H23B3F6O5/c1-10-12(19(25,26)27)6-8-14(16(10)17(31)35-18(2,3)4)32-13-7-5-11(33-21(28,29)30)9-15(13)34-20(22,23)24/h5-9H,22-24H2,1-4H3. The summed E-state index contributed by atoms with van der Waals surface area (Å²) in [7, 11) is 4.88. The van der Waals surface area contributed by atoms with Gasteiger partial charge in [0.1, 0.15) is 46.2 Å². The maximum atomic E-state index is 13.5. The Kier molecular flexibility index (Phi) is 7.78. The summed E-state index contributed by atoms with van der Waals surface area (Å²) in [6.07, 6.45) is -9.72. The van der Waals surface area contributed by atoms with Crippen molar-refractivity contribution in [2.24, 2.45) is 0 Å². The molecule has 0 unspecified atom stereocenters. The zero-order valence-corrected chi connectivity index (χ0v) is 20.2. The number of hydrogen-bond donors (Lipinski definition) is 0. The second kappa shape index (κ2) is 9.62. The Morgan fingerprint density at radius 1 is 0.829 bits per heavy atom. The van der Waals surface area contributed by atoms with Crippen LogP contribution in [0.15, 0.2) is 30.3 Å². The van der Waals surface area contributed by atoms with Gasteiger partial charge in [0.05, 0.1) is 5.56 Å². The highest BCUT2D eigenvalue weighted by molar-refractivity contribution is 6.58. The maximum Gasteiger partial charge on any atom is 0.573 e. The van der Waals surface area contributed by atoms with Crippen molar-refractivity contribution in [1.82, 2.24) is 0 Å². The van der Waals surface area contributed by atoms with Crippen LogP contribution < -0.4 is 14.2 Å². The molecule has 0 fully saturated rings. The van der Waals surface area contributed by atoms with Crippen LogP contribution in [-0.4, -0.2) is 46.8 Å². The van der Waals surface area contributed by atoms with Crippen molar-refractivity contribution in [3.63, 3.8) is 0 Å². The Bertz CT molecular complexity index is 1090. The molecule has 0 aliphatic carbocycles. The van der Waals surface area contributed by atoms with Gasteiger partial charge in [-0.25, -0.2) is 4.79 Å². The summed E-state index contributed by atoms with van der Waals surface area (Å²) < 4.78 is 99.1. The van der Waals surface area contributed by atoms with Crippen LogP contribution in [0.3, 0.4) is 0 Å². The first-order valence-corrected chi connectivity index (χ1v) is 10.4. The summed E-state index contributed by atoms with van der Waals surface area (Å²) in [4.78, 5) is 12.9. The molecule has 0 saturated heterocycles. The third kappa shape index (κ3) is 8.36. The number of benzene rings is 2. The maximum absolute atomic E-state index is 13.5. The molecule has 0 amide bonds. The van der Waals surface area contributed by atoms with E-state index < -0.39 is 51.8 Å². The van der Waals surface area contributed by atoms with Crippen LogP contribution in [0, 0.1) is 6.92 Å². The van der Waals surface area contributed by atoms with Crippen LogP contribution in [0.25, 0.3) is 0 Å². The van der Waals surface area contributed by atoms with Gasteiger partial charge in [0.15, 0.2) is 11.5 Å². The minimum atomic E-state index is -4.96. The number of carbonyl (C=O) groups is 1. The predicted octanol–water partition coefficient (Wildman–Crippen LogP) is 3.55. The monoisotopic (exact) mass is 502 g/mol. The highest BCUT2D eigenvalue weighted by atomic mass is 19.4. The minimum absolute atomic E-state index is 0.154. The van der Waals surface area contributed by atoms with Gasteiger partial charge in [-0.15, -0.1) is 13.2 Å². The molecule has 0 aliphatic heterocycles. The Hall–Kier alpha value is -2.92. The van der Waals surface area contributed by atoms with Crippen LogP contribution in [0.5, 0.6) is 23.0 Å². The lowest BCUT2D eigenvalue weighted by molar-refractivity contribution is -0.274. The number of hydrogen-bond acceptors (Lipinski definition) is 5. The van der Waals surface area contributed by atoms with Gasteiger partial charge in [-0.1, -0.05) is 0 Å².